The van der Waals surface area contributed by atoms with Crippen LogP contribution < -0.4 is 9.64 Å². The Labute approximate surface area is 217 Å². The SMILES string of the molecule is COc1ccc(N(c2ccccc2)c2ccc(/C=C/c3ccc4cc5ccccc5cc4c3)cc2)cc1. The monoisotopic (exact) mass is 477 g/mol. The van der Waals surface area contributed by atoms with Crippen molar-refractivity contribution in [3.63, 3.8) is 0 Å². The molecule has 0 saturated heterocycles. The van der Waals surface area contributed by atoms with Crippen LogP contribution in [0.1, 0.15) is 11.1 Å². The molecule has 0 aliphatic heterocycles. The molecule has 0 radical (unpaired) electrons. The van der Waals surface area contributed by atoms with E-state index >= 15 is 0 Å². The van der Waals surface area contributed by atoms with Gasteiger partial charge in [0.25, 0.3) is 0 Å². The summed E-state index contributed by atoms with van der Waals surface area (Å²) in [6.07, 6.45) is 4.36. The predicted octanol–water partition coefficient (Wildman–Crippen LogP) is 9.64. The third kappa shape index (κ3) is 4.82. The summed E-state index contributed by atoms with van der Waals surface area (Å²) in [6, 6.07) is 47.0. The molecule has 2 nitrogen and oxygen atoms in total. The number of anilines is 3. The summed E-state index contributed by atoms with van der Waals surface area (Å²) in [4.78, 5) is 2.25. The number of rotatable bonds is 6. The maximum atomic E-state index is 5.36. The van der Waals surface area contributed by atoms with E-state index in [0.717, 1.165) is 28.4 Å². The lowest BCUT2D eigenvalue weighted by atomic mass is 10.0. The van der Waals surface area contributed by atoms with E-state index in [9.17, 15) is 0 Å². The Morgan fingerprint density at radius 2 is 0.973 bits per heavy atom. The van der Waals surface area contributed by atoms with Crippen LogP contribution in [0.2, 0.25) is 0 Å². The van der Waals surface area contributed by atoms with Crippen LogP contribution in [0.15, 0.2) is 133 Å². The first-order chi connectivity index (χ1) is 18.3. The molecule has 0 aliphatic carbocycles. The molecule has 0 aliphatic rings. The Balaban J connectivity index is 1.28. The lowest BCUT2D eigenvalue weighted by Crippen LogP contribution is -2.09. The van der Waals surface area contributed by atoms with Crippen LogP contribution in [-0.2, 0) is 0 Å². The first-order valence-corrected chi connectivity index (χ1v) is 12.5. The van der Waals surface area contributed by atoms with Gasteiger partial charge in [0, 0.05) is 17.1 Å². The third-order valence-electron chi connectivity index (χ3n) is 6.69. The Bertz CT molecular complexity index is 1680. The van der Waals surface area contributed by atoms with E-state index in [2.05, 4.69) is 132 Å². The molecule has 6 rings (SSSR count). The number of fused-ring (bicyclic) bond motifs is 2. The van der Waals surface area contributed by atoms with E-state index in [-0.39, 0.29) is 0 Å². The predicted molar refractivity (Wildman–Crippen MR) is 158 cm³/mol. The van der Waals surface area contributed by atoms with Crippen LogP contribution in [0.3, 0.4) is 0 Å². The van der Waals surface area contributed by atoms with Gasteiger partial charge in [-0.25, -0.2) is 0 Å². The first-order valence-electron chi connectivity index (χ1n) is 12.5. The minimum Gasteiger partial charge on any atom is -0.497 e. The van der Waals surface area contributed by atoms with Gasteiger partial charge in [0.05, 0.1) is 7.11 Å². The van der Waals surface area contributed by atoms with Gasteiger partial charge in [-0.05, 0) is 99.4 Å². The number of para-hydroxylation sites is 1. The van der Waals surface area contributed by atoms with E-state index in [0.29, 0.717) is 0 Å². The van der Waals surface area contributed by atoms with Crippen LogP contribution in [0, 0.1) is 0 Å². The molecule has 0 saturated carbocycles. The van der Waals surface area contributed by atoms with Crippen LogP contribution >= 0.6 is 0 Å². The maximum absolute atomic E-state index is 5.36. The molecule has 0 heterocycles. The zero-order valence-corrected chi connectivity index (χ0v) is 20.7. The Morgan fingerprint density at radius 1 is 0.459 bits per heavy atom. The number of nitrogens with zero attached hydrogens (tertiary/aromatic N) is 1. The molecule has 6 aromatic carbocycles. The number of hydrogen-bond donors (Lipinski definition) is 0. The van der Waals surface area contributed by atoms with Crippen molar-refractivity contribution in [2.75, 3.05) is 12.0 Å². The molecule has 0 unspecified atom stereocenters. The van der Waals surface area contributed by atoms with Gasteiger partial charge in [0.15, 0.2) is 0 Å². The van der Waals surface area contributed by atoms with Crippen LogP contribution in [0.5, 0.6) is 5.75 Å². The standard InChI is InChI=1S/C35H27NO/c1-37-35-21-19-34(20-22-35)36(32-9-3-2-4-10-32)33-17-14-26(15-18-33)11-12-27-13-16-30-24-28-7-5-6-8-29(28)25-31(30)23-27/h2-25H,1H3/b12-11+. The minimum atomic E-state index is 0.846. The van der Waals surface area contributed by atoms with Crippen molar-refractivity contribution in [3.8, 4) is 5.75 Å². The second-order valence-electron chi connectivity index (χ2n) is 9.10. The molecule has 0 bridgehead atoms. The smallest absolute Gasteiger partial charge is 0.119 e. The fourth-order valence-electron chi connectivity index (χ4n) is 4.74. The summed E-state index contributed by atoms with van der Waals surface area (Å²) in [7, 11) is 1.69. The zero-order chi connectivity index (χ0) is 25.0. The Hall–Kier alpha value is -4.82. The summed E-state index contributed by atoms with van der Waals surface area (Å²) in [6.45, 7) is 0. The van der Waals surface area contributed by atoms with Crippen molar-refractivity contribution in [1.82, 2.24) is 0 Å². The van der Waals surface area contributed by atoms with Gasteiger partial charge in [-0.3, -0.25) is 0 Å². The molecule has 6 aromatic rings. The lowest BCUT2D eigenvalue weighted by molar-refractivity contribution is 0.415. The summed E-state index contributed by atoms with van der Waals surface area (Å²) in [5.74, 6) is 0.846. The average Bonchev–Trinajstić information content (AvgIpc) is 2.96. The van der Waals surface area contributed by atoms with E-state index < -0.39 is 0 Å². The topological polar surface area (TPSA) is 12.5 Å². The largest absolute Gasteiger partial charge is 0.497 e. The fourth-order valence-corrected chi connectivity index (χ4v) is 4.74. The number of methoxy groups -OCH3 is 1. The molecule has 37 heavy (non-hydrogen) atoms. The van der Waals surface area contributed by atoms with Gasteiger partial charge < -0.3 is 9.64 Å². The van der Waals surface area contributed by atoms with E-state index in [1.807, 2.05) is 18.2 Å². The highest BCUT2D eigenvalue weighted by Crippen LogP contribution is 2.35. The lowest BCUT2D eigenvalue weighted by Gasteiger charge is -2.25. The molecule has 0 spiro atoms. The zero-order valence-electron chi connectivity index (χ0n) is 20.7. The fraction of sp³-hybridized carbons (Fsp3) is 0.0286. The molecular weight excluding hydrogens is 450 g/mol. The Kier molecular flexibility index (Phi) is 6.14. The molecule has 0 fully saturated rings. The van der Waals surface area contributed by atoms with Crippen molar-refractivity contribution >= 4 is 50.8 Å². The minimum absolute atomic E-state index is 0.846. The quantitative estimate of drug-likeness (QED) is 0.175. The van der Waals surface area contributed by atoms with E-state index in [1.165, 1.54) is 27.1 Å². The normalized spacial score (nSPS) is 11.3. The summed E-state index contributed by atoms with van der Waals surface area (Å²) >= 11 is 0. The number of benzene rings is 6. The molecule has 0 atom stereocenters. The summed E-state index contributed by atoms with van der Waals surface area (Å²) in [5.41, 5.74) is 5.64. The van der Waals surface area contributed by atoms with Crippen LogP contribution in [0.4, 0.5) is 17.1 Å². The molecular formula is C35H27NO. The van der Waals surface area contributed by atoms with Gasteiger partial charge >= 0.3 is 0 Å². The van der Waals surface area contributed by atoms with Crippen LogP contribution in [0.25, 0.3) is 33.7 Å². The highest BCUT2D eigenvalue weighted by molar-refractivity contribution is 5.99. The van der Waals surface area contributed by atoms with Gasteiger partial charge in [-0.2, -0.15) is 0 Å². The van der Waals surface area contributed by atoms with E-state index in [1.54, 1.807) is 7.11 Å². The maximum Gasteiger partial charge on any atom is 0.119 e. The number of hydrogen-bond acceptors (Lipinski definition) is 2. The third-order valence-corrected chi connectivity index (χ3v) is 6.69. The molecule has 2 heteroatoms. The van der Waals surface area contributed by atoms with Gasteiger partial charge in [0.2, 0.25) is 0 Å². The van der Waals surface area contributed by atoms with E-state index in [4.69, 9.17) is 4.74 Å². The van der Waals surface area contributed by atoms with Crippen molar-refractivity contribution < 1.29 is 4.74 Å². The van der Waals surface area contributed by atoms with Crippen LogP contribution in [-0.4, -0.2) is 7.11 Å². The Morgan fingerprint density at radius 3 is 1.65 bits per heavy atom. The molecule has 0 N–H and O–H groups in total. The average molecular weight is 478 g/mol. The van der Waals surface area contributed by atoms with Crippen molar-refractivity contribution in [2.24, 2.45) is 0 Å². The molecule has 0 aromatic heterocycles. The van der Waals surface area contributed by atoms with Gasteiger partial charge in [-0.1, -0.05) is 78.9 Å². The molecule has 178 valence electrons. The number of ether oxygens (including phenoxy) is 1. The second kappa shape index (κ2) is 10.0. The van der Waals surface area contributed by atoms with Crippen molar-refractivity contribution in [1.29, 1.82) is 0 Å². The van der Waals surface area contributed by atoms with Crippen molar-refractivity contribution in [3.05, 3.63) is 145 Å². The highest BCUT2D eigenvalue weighted by Gasteiger charge is 2.12. The summed E-state index contributed by atoms with van der Waals surface area (Å²) in [5, 5.41) is 5.07. The first kappa shape index (κ1) is 22.6. The molecule has 0 amide bonds. The highest BCUT2D eigenvalue weighted by atomic mass is 16.5. The summed E-state index contributed by atoms with van der Waals surface area (Å²) < 4.78 is 5.36. The van der Waals surface area contributed by atoms with Gasteiger partial charge in [0.1, 0.15) is 5.75 Å². The van der Waals surface area contributed by atoms with Crippen molar-refractivity contribution in [2.45, 2.75) is 0 Å². The second-order valence-corrected chi connectivity index (χ2v) is 9.10. The van der Waals surface area contributed by atoms with Gasteiger partial charge in [-0.15, -0.1) is 0 Å².